The van der Waals surface area contributed by atoms with Gasteiger partial charge < -0.3 is 9.80 Å². The molecule has 0 spiro atoms. The second kappa shape index (κ2) is 33.7. The average molecular weight is 617 g/mol. The maximum absolute atomic E-state index is 2.72. The van der Waals surface area contributed by atoms with Gasteiger partial charge in [-0.2, -0.15) is 0 Å². The van der Waals surface area contributed by atoms with Gasteiger partial charge in [0.1, 0.15) is 6.17 Å². The van der Waals surface area contributed by atoms with Crippen molar-refractivity contribution in [3.05, 3.63) is 12.4 Å². The van der Waals surface area contributed by atoms with E-state index in [1.165, 1.54) is 231 Å². The number of hydrogen-bond acceptors (Lipinski definition) is 2. The first-order chi connectivity index (χ1) is 21.8. The van der Waals surface area contributed by atoms with Gasteiger partial charge in [-0.1, -0.05) is 213 Å². The molecule has 1 aliphatic rings. The van der Waals surface area contributed by atoms with Gasteiger partial charge in [0, 0.05) is 25.5 Å². The van der Waals surface area contributed by atoms with Gasteiger partial charge in [-0.15, -0.1) is 0 Å². The predicted molar refractivity (Wildman–Crippen MR) is 200 cm³/mol. The molecular formula is C42H84N2. The summed E-state index contributed by atoms with van der Waals surface area (Å²) in [5, 5.41) is 0. The van der Waals surface area contributed by atoms with Gasteiger partial charge >= 0.3 is 0 Å². The van der Waals surface area contributed by atoms with Crippen LogP contribution in [0, 0.1) is 0 Å². The Kier molecular flexibility index (Phi) is 31.7. The van der Waals surface area contributed by atoms with Crippen LogP contribution in [0.5, 0.6) is 0 Å². The fourth-order valence-corrected chi connectivity index (χ4v) is 7.25. The predicted octanol–water partition coefficient (Wildman–Crippen LogP) is 14.7. The molecule has 1 unspecified atom stereocenters. The summed E-state index contributed by atoms with van der Waals surface area (Å²) in [6.45, 7) is 9.48. The zero-order valence-electron chi connectivity index (χ0n) is 31.1. The minimum absolute atomic E-state index is 0.639. The largest absolute Gasteiger partial charge is 0.356 e. The minimum atomic E-state index is 0.639. The Morgan fingerprint density at radius 2 is 0.523 bits per heavy atom. The fraction of sp³-hybridized carbons (Fsp3) is 0.952. The standard InChI is InChI=1S/C42H84N2/c1-4-7-10-13-16-18-20-22-23-25-27-29-31-34-37-42-43(38-35-32-15-12-9-6-3)40-41-44(42)39-36-33-30-28-26-24-21-19-17-14-11-8-5-2/h40-42H,4-39H2,1-3H3. The molecule has 0 radical (unpaired) electrons. The molecule has 262 valence electrons. The van der Waals surface area contributed by atoms with E-state index < -0.39 is 0 Å². The zero-order valence-corrected chi connectivity index (χ0v) is 31.1. The van der Waals surface area contributed by atoms with E-state index in [0.717, 1.165) is 0 Å². The van der Waals surface area contributed by atoms with E-state index in [-0.39, 0.29) is 0 Å². The highest BCUT2D eigenvalue weighted by atomic mass is 15.4. The molecule has 1 rings (SSSR count). The number of rotatable bonds is 36. The molecule has 0 fully saturated rings. The highest BCUT2D eigenvalue weighted by Crippen LogP contribution is 2.24. The molecule has 2 nitrogen and oxygen atoms in total. The highest BCUT2D eigenvalue weighted by Gasteiger charge is 2.24. The van der Waals surface area contributed by atoms with Crippen molar-refractivity contribution in [3.8, 4) is 0 Å². The molecule has 0 aromatic carbocycles. The molecule has 0 aromatic rings. The fourth-order valence-electron chi connectivity index (χ4n) is 7.25. The highest BCUT2D eigenvalue weighted by molar-refractivity contribution is 4.97. The van der Waals surface area contributed by atoms with Crippen molar-refractivity contribution >= 4 is 0 Å². The molecule has 0 saturated heterocycles. The van der Waals surface area contributed by atoms with Crippen molar-refractivity contribution in [1.82, 2.24) is 9.80 Å². The van der Waals surface area contributed by atoms with Gasteiger partial charge in [-0.3, -0.25) is 0 Å². The zero-order chi connectivity index (χ0) is 31.6. The second-order valence-corrected chi connectivity index (χ2v) is 14.6. The van der Waals surface area contributed by atoms with Gasteiger partial charge in [0.25, 0.3) is 0 Å². The molecule has 2 heteroatoms. The van der Waals surface area contributed by atoms with Crippen LogP contribution in [0.2, 0.25) is 0 Å². The normalized spacial score (nSPS) is 14.8. The summed E-state index contributed by atoms with van der Waals surface area (Å²) in [5.41, 5.74) is 0. The van der Waals surface area contributed by atoms with Gasteiger partial charge in [0.05, 0.1) is 0 Å². The lowest BCUT2D eigenvalue weighted by Gasteiger charge is -2.33. The Bertz CT molecular complexity index is 572. The quantitative estimate of drug-likeness (QED) is 0.0646. The second-order valence-electron chi connectivity index (χ2n) is 14.6. The minimum Gasteiger partial charge on any atom is -0.356 e. The summed E-state index contributed by atoms with van der Waals surface area (Å²) in [7, 11) is 0. The molecule has 44 heavy (non-hydrogen) atoms. The van der Waals surface area contributed by atoms with E-state index in [1.807, 2.05) is 0 Å². The van der Waals surface area contributed by atoms with Crippen molar-refractivity contribution in [1.29, 1.82) is 0 Å². The molecular weight excluding hydrogens is 532 g/mol. The van der Waals surface area contributed by atoms with Gasteiger partial charge in [0.15, 0.2) is 0 Å². The molecule has 0 aliphatic carbocycles. The summed E-state index contributed by atoms with van der Waals surface area (Å²) in [5.74, 6) is 0. The molecule has 0 amide bonds. The third-order valence-electron chi connectivity index (χ3n) is 10.3. The van der Waals surface area contributed by atoms with Crippen LogP contribution in [0.4, 0.5) is 0 Å². The SMILES string of the molecule is CCCCCCCCCCCCCCCCC1N(CCCCCCCC)C=CN1CCCCCCCCCCCCCCC. The van der Waals surface area contributed by atoms with E-state index >= 15 is 0 Å². The van der Waals surface area contributed by atoms with Crippen LogP contribution in [-0.2, 0) is 0 Å². The van der Waals surface area contributed by atoms with Crippen LogP contribution < -0.4 is 0 Å². The van der Waals surface area contributed by atoms with E-state index in [4.69, 9.17) is 0 Å². The van der Waals surface area contributed by atoms with Crippen LogP contribution in [0.15, 0.2) is 12.4 Å². The van der Waals surface area contributed by atoms with E-state index in [9.17, 15) is 0 Å². The van der Waals surface area contributed by atoms with E-state index in [2.05, 4.69) is 43.0 Å². The van der Waals surface area contributed by atoms with Crippen molar-refractivity contribution in [2.24, 2.45) is 0 Å². The lowest BCUT2D eigenvalue weighted by Crippen LogP contribution is -2.39. The third kappa shape index (κ3) is 25.5. The Balaban J connectivity index is 2.16. The molecule has 0 aromatic heterocycles. The van der Waals surface area contributed by atoms with Crippen LogP contribution in [-0.4, -0.2) is 29.1 Å². The topological polar surface area (TPSA) is 6.48 Å². The van der Waals surface area contributed by atoms with Crippen molar-refractivity contribution in [2.75, 3.05) is 13.1 Å². The summed E-state index contributed by atoms with van der Waals surface area (Å²) in [4.78, 5) is 5.43. The van der Waals surface area contributed by atoms with Crippen LogP contribution in [0.1, 0.15) is 239 Å². The number of unbranched alkanes of at least 4 members (excludes halogenated alkanes) is 30. The summed E-state index contributed by atoms with van der Waals surface area (Å²) in [6, 6.07) is 0. The lowest BCUT2D eigenvalue weighted by atomic mass is 10.0. The Labute approximate surface area is 280 Å². The monoisotopic (exact) mass is 617 g/mol. The maximum atomic E-state index is 2.72. The van der Waals surface area contributed by atoms with Crippen LogP contribution >= 0.6 is 0 Å². The van der Waals surface area contributed by atoms with Crippen molar-refractivity contribution in [3.63, 3.8) is 0 Å². The Morgan fingerprint density at radius 1 is 0.295 bits per heavy atom. The average Bonchev–Trinajstić information content (AvgIpc) is 3.42. The van der Waals surface area contributed by atoms with Crippen LogP contribution in [0.25, 0.3) is 0 Å². The number of hydrogen-bond donors (Lipinski definition) is 0. The van der Waals surface area contributed by atoms with Gasteiger partial charge in [-0.05, 0) is 25.7 Å². The smallest absolute Gasteiger partial charge is 0.101 e. The molecule has 0 N–H and O–H groups in total. The molecule has 0 saturated carbocycles. The molecule has 1 aliphatic heterocycles. The first-order valence-electron chi connectivity index (χ1n) is 21.0. The summed E-state index contributed by atoms with van der Waals surface area (Å²) in [6.07, 6.45) is 54.4. The number of nitrogens with zero attached hydrogens (tertiary/aromatic N) is 2. The van der Waals surface area contributed by atoms with Gasteiger partial charge in [0.2, 0.25) is 0 Å². The van der Waals surface area contributed by atoms with Crippen molar-refractivity contribution < 1.29 is 0 Å². The summed E-state index contributed by atoms with van der Waals surface area (Å²) >= 11 is 0. The van der Waals surface area contributed by atoms with Gasteiger partial charge in [-0.25, -0.2) is 0 Å². The first kappa shape index (κ1) is 41.4. The van der Waals surface area contributed by atoms with Crippen LogP contribution in [0.3, 0.4) is 0 Å². The Hall–Kier alpha value is -0.660. The van der Waals surface area contributed by atoms with E-state index in [0.29, 0.717) is 6.17 Å². The lowest BCUT2D eigenvalue weighted by molar-refractivity contribution is 0.135. The summed E-state index contributed by atoms with van der Waals surface area (Å²) < 4.78 is 0. The van der Waals surface area contributed by atoms with E-state index in [1.54, 1.807) is 0 Å². The maximum Gasteiger partial charge on any atom is 0.101 e. The molecule has 1 atom stereocenters. The Morgan fingerprint density at radius 3 is 0.795 bits per heavy atom. The molecule has 1 heterocycles. The molecule has 0 bridgehead atoms. The third-order valence-corrected chi connectivity index (χ3v) is 10.3. The van der Waals surface area contributed by atoms with Crippen molar-refractivity contribution in [2.45, 2.75) is 245 Å². The first-order valence-corrected chi connectivity index (χ1v) is 21.0.